The number of nitrogens with zero attached hydrogens (tertiary/aromatic N) is 5. The van der Waals surface area contributed by atoms with Crippen molar-refractivity contribution in [2.24, 2.45) is 10.9 Å². The second-order valence-electron chi connectivity index (χ2n) is 6.25. The predicted molar refractivity (Wildman–Crippen MR) is 93.1 cm³/mol. The summed E-state index contributed by atoms with van der Waals surface area (Å²) in [5, 5.41) is 4.18. The van der Waals surface area contributed by atoms with Gasteiger partial charge in [-0.25, -0.2) is 14.5 Å². The zero-order valence-electron chi connectivity index (χ0n) is 13.4. The molecule has 6 nitrogen and oxygen atoms in total. The number of fused-ring (bicyclic) bond motifs is 2. The van der Waals surface area contributed by atoms with Crippen molar-refractivity contribution < 1.29 is 1.43 Å². The van der Waals surface area contributed by atoms with E-state index in [9.17, 15) is 0 Å². The number of rotatable bonds is 2. The van der Waals surface area contributed by atoms with Gasteiger partial charge in [-0.05, 0) is 31.0 Å². The van der Waals surface area contributed by atoms with Gasteiger partial charge in [-0.3, -0.25) is 4.99 Å². The second kappa shape index (κ2) is 4.87. The SMILES string of the molecule is CC1=Nc2ccc(-c3ccn4nc(N)ncc34)nc2C1C(C)C.[HH]. The fourth-order valence-electron chi connectivity index (χ4n) is 3.33. The van der Waals surface area contributed by atoms with E-state index < -0.39 is 0 Å². The van der Waals surface area contributed by atoms with Crippen molar-refractivity contribution in [2.45, 2.75) is 26.7 Å². The largest absolute Gasteiger partial charge is 0.367 e. The summed E-state index contributed by atoms with van der Waals surface area (Å²) in [5.74, 6) is 1.01. The first-order chi connectivity index (χ1) is 11.0. The van der Waals surface area contributed by atoms with Crippen molar-refractivity contribution in [1.29, 1.82) is 0 Å². The molecule has 2 N–H and O–H groups in total. The molecule has 3 aromatic heterocycles. The fourth-order valence-corrected chi connectivity index (χ4v) is 3.33. The number of nitrogen functional groups attached to an aromatic ring is 1. The predicted octanol–water partition coefficient (Wildman–Crippen LogP) is 3.47. The molecule has 1 unspecified atom stereocenters. The average molecular weight is 308 g/mol. The molecule has 0 aliphatic carbocycles. The Balaban J connectivity index is 0.00000169. The molecule has 1 aliphatic rings. The van der Waals surface area contributed by atoms with Gasteiger partial charge < -0.3 is 5.73 Å². The van der Waals surface area contributed by atoms with E-state index in [1.165, 1.54) is 0 Å². The van der Waals surface area contributed by atoms with Gasteiger partial charge in [0.2, 0.25) is 5.95 Å². The first-order valence-electron chi connectivity index (χ1n) is 7.71. The van der Waals surface area contributed by atoms with Gasteiger partial charge in [0.1, 0.15) is 0 Å². The van der Waals surface area contributed by atoms with Crippen LogP contribution in [0.4, 0.5) is 11.6 Å². The van der Waals surface area contributed by atoms with E-state index >= 15 is 0 Å². The first kappa shape index (κ1) is 13.9. The van der Waals surface area contributed by atoms with Crippen LogP contribution in [0.1, 0.15) is 33.8 Å². The smallest absolute Gasteiger partial charge is 0.238 e. The molecule has 0 spiro atoms. The first-order valence-corrected chi connectivity index (χ1v) is 7.71. The maximum absolute atomic E-state index is 5.64. The lowest BCUT2D eigenvalue weighted by Gasteiger charge is -2.16. The number of hydrogen-bond acceptors (Lipinski definition) is 5. The molecular formula is C17H20N6. The zero-order chi connectivity index (χ0) is 16.1. The number of pyridine rings is 1. The van der Waals surface area contributed by atoms with Crippen molar-refractivity contribution in [3.05, 3.63) is 36.3 Å². The van der Waals surface area contributed by atoms with Crippen molar-refractivity contribution in [3.8, 4) is 11.3 Å². The lowest BCUT2D eigenvalue weighted by molar-refractivity contribution is 0.598. The number of aliphatic imine (C=N–C) groups is 1. The minimum Gasteiger partial charge on any atom is -0.367 e. The van der Waals surface area contributed by atoms with Crippen LogP contribution in [0.25, 0.3) is 16.8 Å². The Morgan fingerprint density at radius 2 is 2.09 bits per heavy atom. The minimum atomic E-state index is 0. The van der Waals surface area contributed by atoms with Gasteiger partial charge in [0.25, 0.3) is 0 Å². The molecule has 0 radical (unpaired) electrons. The van der Waals surface area contributed by atoms with Crippen LogP contribution in [0.2, 0.25) is 0 Å². The molecule has 1 aliphatic heterocycles. The third kappa shape index (κ3) is 2.10. The maximum Gasteiger partial charge on any atom is 0.238 e. The van der Waals surface area contributed by atoms with Crippen LogP contribution in [0.3, 0.4) is 0 Å². The van der Waals surface area contributed by atoms with Crippen molar-refractivity contribution in [2.75, 3.05) is 5.73 Å². The minimum absolute atomic E-state index is 0. The summed E-state index contributed by atoms with van der Waals surface area (Å²) in [6.07, 6.45) is 3.60. The Kier molecular flexibility index (Phi) is 2.94. The van der Waals surface area contributed by atoms with Gasteiger partial charge in [0, 0.05) is 24.8 Å². The van der Waals surface area contributed by atoms with Gasteiger partial charge in [0.05, 0.1) is 28.8 Å². The normalized spacial score (nSPS) is 16.9. The standard InChI is InChI=1S/C17H18N6.H2/c1-9(2)15-10(3)20-13-5-4-12(21-16(13)15)11-6-7-23-14(11)8-19-17(18)22-23;/h4-9,15H,1-3H3,(H2,18,22);1H. The van der Waals surface area contributed by atoms with E-state index in [-0.39, 0.29) is 13.3 Å². The van der Waals surface area contributed by atoms with E-state index in [1.807, 2.05) is 24.4 Å². The summed E-state index contributed by atoms with van der Waals surface area (Å²) < 4.78 is 1.73. The highest BCUT2D eigenvalue weighted by atomic mass is 15.3. The number of aromatic nitrogens is 4. The molecule has 6 heteroatoms. The fraction of sp³-hybridized carbons (Fsp3) is 0.294. The van der Waals surface area contributed by atoms with Crippen molar-refractivity contribution in [1.82, 2.24) is 19.6 Å². The third-order valence-corrected chi connectivity index (χ3v) is 4.32. The molecule has 1 atom stereocenters. The van der Waals surface area contributed by atoms with Crippen LogP contribution >= 0.6 is 0 Å². The monoisotopic (exact) mass is 308 g/mol. The van der Waals surface area contributed by atoms with Gasteiger partial charge in [-0.1, -0.05) is 13.8 Å². The van der Waals surface area contributed by atoms with Crippen LogP contribution in [-0.2, 0) is 0 Å². The van der Waals surface area contributed by atoms with Crippen LogP contribution < -0.4 is 5.73 Å². The molecule has 3 aromatic rings. The van der Waals surface area contributed by atoms with Crippen LogP contribution in [0, 0.1) is 5.92 Å². The van der Waals surface area contributed by atoms with Crippen LogP contribution in [0.5, 0.6) is 0 Å². The lowest BCUT2D eigenvalue weighted by atomic mass is 9.89. The number of hydrogen-bond donors (Lipinski definition) is 1. The van der Waals surface area contributed by atoms with Gasteiger partial charge in [-0.2, -0.15) is 0 Å². The van der Waals surface area contributed by atoms with Gasteiger partial charge in [-0.15, -0.1) is 5.10 Å². The van der Waals surface area contributed by atoms with Gasteiger partial charge in [0.15, 0.2) is 0 Å². The summed E-state index contributed by atoms with van der Waals surface area (Å²) in [6, 6.07) is 6.04. The molecule has 0 saturated carbocycles. The molecule has 4 heterocycles. The van der Waals surface area contributed by atoms with Crippen LogP contribution in [0.15, 0.2) is 35.6 Å². The number of nitrogens with two attached hydrogens (primary N) is 1. The molecule has 23 heavy (non-hydrogen) atoms. The molecule has 0 saturated heterocycles. The summed E-state index contributed by atoms with van der Waals surface area (Å²) >= 11 is 0. The number of anilines is 1. The van der Waals surface area contributed by atoms with E-state index in [1.54, 1.807) is 10.7 Å². The summed E-state index contributed by atoms with van der Waals surface area (Å²) in [6.45, 7) is 6.49. The molecule has 118 valence electrons. The third-order valence-electron chi connectivity index (χ3n) is 4.32. The van der Waals surface area contributed by atoms with Crippen molar-refractivity contribution >= 4 is 22.9 Å². The molecule has 0 amide bonds. The Labute approximate surface area is 135 Å². The van der Waals surface area contributed by atoms with Crippen LogP contribution in [-0.4, -0.2) is 25.3 Å². The topological polar surface area (TPSA) is 81.5 Å². The Morgan fingerprint density at radius 3 is 2.87 bits per heavy atom. The molecule has 0 aromatic carbocycles. The Hall–Kier alpha value is -2.76. The Bertz CT molecular complexity index is 943. The zero-order valence-corrected chi connectivity index (χ0v) is 13.4. The van der Waals surface area contributed by atoms with E-state index in [2.05, 4.69) is 35.8 Å². The van der Waals surface area contributed by atoms with E-state index in [4.69, 9.17) is 10.7 Å². The van der Waals surface area contributed by atoms with E-state index in [0.29, 0.717) is 5.92 Å². The molecule has 0 fully saturated rings. The average Bonchev–Trinajstić information content (AvgIpc) is 3.05. The second-order valence-corrected chi connectivity index (χ2v) is 6.25. The van der Waals surface area contributed by atoms with Gasteiger partial charge >= 0.3 is 0 Å². The molecule has 0 bridgehead atoms. The highest BCUT2D eigenvalue weighted by Gasteiger charge is 2.29. The van der Waals surface area contributed by atoms with E-state index in [0.717, 1.165) is 33.9 Å². The molecular weight excluding hydrogens is 288 g/mol. The lowest BCUT2D eigenvalue weighted by Crippen LogP contribution is -2.13. The maximum atomic E-state index is 5.64. The summed E-state index contributed by atoms with van der Waals surface area (Å²) in [4.78, 5) is 13.7. The molecule has 4 rings (SSSR count). The summed E-state index contributed by atoms with van der Waals surface area (Å²) in [7, 11) is 0. The summed E-state index contributed by atoms with van der Waals surface area (Å²) in [5.41, 5.74) is 11.6. The quantitative estimate of drug-likeness (QED) is 0.786. The highest BCUT2D eigenvalue weighted by molar-refractivity contribution is 5.96. The van der Waals surface area contributed by atoms with Crippen molar-refractivity contribution in [3.63, 3.8) is 0 Å². The Morgan fingerprint density at radius 1 is 1.26 bits per heavy atom. The highest BCUT2D eigenvalue weighted by Crippen LogP contribution is 2.39.